The molecule has 0 saturated heterocycles. The smallest absolute Gasteiger partial charge is 0.377 e. The van der Waals surface area contributed by atoms with Gasteiger partial charge in [0.15, 0.2) is 0 Å². The molecule has 5 nitrogen and oxygen atoms in total. The van der Waals surface area contributed by atoms with Crippen molar-refractivity contribution in [1.82, 2.24) is 9.97 Å². The van der Waals surface area contributed by atoms with E-state index in [1.54, 1.807) is 12.1 Å². The summed E-state index contributed by atoms with van der Waals surface area (Å²) in [6.07, 6.45) is 4.73. The zero-order valence-electron chi connectivity index (χ0n) is 10.3. The molecule has 1 fully saturated rings. The Hall–Kier alpha value is -2.17. The molecular weight excluding hydrogens is 244 g/mol. The lowest BCUT2D eigenvalue weighted by Gasteiger charge is -2.02. The Bertz CT molecular complexity index is 654. The predicted octanol–water partition coefficient (Wildman–Crippen LogP) is 2.49. The minimum atomic E-state index is -1.44. The van der Waals surface area contributed by atoms with Crippen LogP contribution in [-0.2, 0) is 4.79 Å². The molecule has 0 unspecified atom stereocenters. The number of imidazole rings is 1. The van der Waals surface area contributed by atoms with Crippen LogP contribution in [0.1, 0.15) is 47.8 Å². The lowest BCUT2D eigenvalue weighted by atomic mass is 10.1. The first-order chi connectivity index (χ1) is 9.15. The molecule has 2 aromatic rings. The topological polar surface area (TPSA) is 83.0 Å². The largest absolute Gasteiger partial charge is 0.475 e. The van der Waals surface area contributed by atoms with E-state index in [0.29, 0.717) is 5.92 Å². The number of hydrogen-bond donors (Lipinski definition) is 2. The first-order valence-corrected chi connectivity index (χ1v) is 6.42. The minimum absolute atomic E-state index is 0.182. The molecule has 19 heavy (non-hydrogen) atoms. The molecule has 0 aliphatic heterocycles. The van der Waals surface area contributed by atoms with Crippen LogP contribution in [0.4, 0.5) is 0 Å². The molecule has 2 N–H and O–H groups in total. The summed E-state index contributed by atoms with van der Waals surface area (Å²) in [7, 11) is 0. The Morgan fingerprint density at radius 1 is 1.26 bits per heavy atom. The molecule has 0 spiro atoms. The first-order valence-electron chi connectivity index (χ1n) is 6.42. The van der Waals surface area contributed by atoms with E-state index in [-0.39, 0.29) is 5.56 Å². The van der Waals surface area contributed by atoms with Crippen LogP contribution in [0, 0.1) is 0 Å². The van der Waals surface area contributed by atoms with Gasteiger partial charge in [0, 0.05) is 11.5 Å². The fourth-order valence-electron chi connectivity index (χ4n) is 2.69. The maximum Gasteiger partial charge on any atom is 0.377 e. The van der Waals surface area contributed by atoms with Gasteiger partial charge in [-0.25, -0.2) is 9.78 Å². The van der Waals surface area contributed by atoms with Gasteiger partial charge < -0.3 is 10.1 Å². The fraction of sp³-hybridized carbons (Fsp3) is 0.357. The van der Waals surface area contributed by atoms with E-state index in [4.69, 9.17) is 5.11 Å². The number of H-pyrrole nitrogens is 1. The van der Waals surface area contributed by atoms with Gasteiger partial charge in [0.1, 0.15) is 5.82 Å². The number of carboxylic acids is 1. The van der Waals surface area contributed by atoms with E-state index in [2.05, 4.69) is 9.97 Å². The Labute approximate surface area is 109 Å². The zero-order valence-corrected chi connectivity index (χ0v) is 10.3. The van der Waals surface area contributed by atoms with Crippen LogP contribution in [0.5, 0.6) is 0 Å². The van der Waals surface area contributed by atoms with Crippen LogP contribution in [-0.4, -0.2) is 26.8 Å². The van der Waals surface area contributed by atoms with E-state index in [1.807, 2.05) is 0 Å². The third kappa shape index (κ3) is 2.12. The number of benzene rings is 1. The summed E-state index contributed by atoms with van der Waals surface area (Å²) in [6.45, 7) is 0. The van der Waals surface area contributed by atoms with Crippen molar-refractivity contribution in [3.63, 3.8) is 0 Å². The number of aromatic nitrogens is 2. The molecule has 3 rings (SSSR count). The van der Waals surface area contributed by atoms with Crippen LogP contribution < -0.4 is 0 Å². The van der Waals surface area contributed by atoms with Crippen molar-refractivity contribution < 1.29 is 14.7 Å². The lowest BCUT2D eigenvalue weighted by Crippen LogP contribution is -2.12. The number of nitrogens with one attached hydrogen (secondary N) is 1. The van der Waals surface area contributed by atoms with E-state index in [0.717, 1.165) is 29.7 Å². The standard InChI is InChI=1S/C14H14N2O3/c17-12(14(18)19)9-5-6-10-11(7-9)16-13(15-10)8-3-1-2-4-8/h5-8H,1-4H2,(H,15,16)(H,18,19). The number of Topliss-reactive ketones (excluding diaryl/α,β-unsaturated/α-hetero) is 1. The number of aliphatic carboxylic acids is 1. The van der Waals surface area contributed by atoms with Crippen molar-refractivity contribution in [3.05, 3.63) is 29.6 Å². The van der Waals surface area contributed by atoms with Crippen LogP contribution in [0.2, 0.25) is 0 Å². The third-order valence-corrected chi connectivity index (χ3v) is 3.70. The molecule has 0 atom stereocenters. The van der Waals surface area contributed by atoms with Gasteiger partial charge in [0.25, 0.3) is 5.78 Å². The molecule has 1 aromatic carbocycles. The Kier molecular flexibility index (Phi) is 2.81. The van der Waals surface area contributed by atoms with Gasteiger partial charge in [0.05, 0.1) is 11.0 Å². The summed E-state index contributed by atoms with van der Waals surface area (Å²) < 4.78 is 0. The van der Waals surface area contributed by atoms with Crippen molar-refractivity contribution in [1.29, 1.82) is 0 Å². The van der Waals surface area contributed by atoms with Gasteiger partial charge in [-0.2, -0.15) is 0 Å². The number of ketones is 1. The second kappa shape index (κ2) is 4.50. The maximum absolute atomic E-state index is 11.4. The summed E-state index contributed by atoms with van der Waals surface area (Å²) in [5.74, 6) is -0.910. The van der Waals surface area contributed by atoms with E-state index in [1.165, 1.54) is 18.9 Å². The van der Waals surface area contributed by atoms with Gasteiger partial charge in [-0.05, 0) is 31.0 Å². The van der Waals surface area contributed by atoms with E-state index < -0.39 is 11.8 Å². The highest BCUT2D eigenvalue weighted by atomic mass is 16.4. The van der Waals surface area contributed by atoms with Crippen molar-refractivity contribution in [2.45, 2.75) is 31.6 Å². The number of aromatic amines is 1. The molecule has 0 amide bonds. The molecule has 0 bridgehead atoms. The highest BCUT2D eigenvalue weighted by Crippen LogP contribution is 2.33. The Balaban J connectivity index is 1.99. The molecule has 5 heteroatoms. The van der Waals surface area contributed by atoms with Crippen molar-refractivity contribution >= 4 is 22.8 Å². The van der Waals surface area contributed by atoms with Gasteiger partial charge in [-0.15, -0.1) is 0 Å². The van der Waals surface area contributed by atoms with Crippen LogP contribution >= 0.6 is 0 Å². The SMILES string of the molecule is O=C(O)C(=O)c1ccc2nc(C3CCCC3)[nH]c2c1. The van der Waals surface area contributed by atoms with Crippen LogP contribution in [0.3, 0.4) is 0 Å². The average Bonchev–Trinajstić information content (AvgIpc) is 3.05. The summed E-state index contributed by atoms with van der Waals surface area (Å²) in [6, 6.07) is 4.77. The second-order valence-electron chi connectivity index (χ2n) is 4.97. The summed E-state index contributed by atoms with van der Waals surface area (Å²) in [4.78, 5) is 29.8. The first kappa shape index (κ1) is 11.9. The van der Waals surface area contributed by atoms with Gasteiger partial charge in [0.2, 0.25) is 0 Å². The Morgan fingerprint density at radius 2 is 2.00 bits per heavy atom. The molecule has 1 aliphatic carbocycles. The molecule has 98 valence electrons. The number of fused-ring (bicyclic) bond motifs is 1. The molecular formula is C14H14N2O3. The third-order valence-electron chi connectivity index (χ3n) is 3.70. The summed E-state index contributed by atoms with van der Waals surface area (Å²) in [5, 5.41) is 8.71. The van der Waals surface area contributed by atoms with E-state index >= 15 is 0 Å². The van der Waals surface area contributed by atoms with Crippen molar-refractivity contribution in [2.75, 3.05) is 0 Å². The number of carbonyl (C=O) groups is 2. The van der Waals surface area contributed by atoms with Crippen LogP contribution in [0.25, 0.3) is 11.0 Å². The molecule has 1 heterocycles. The maximum atomic E-state index is 11.4. The second-order valence-corrected chi connectivity index (χ2v) is 4.97. The quantitative estimate of drug-likeness (QED) is 0.654. The molecule has 1 saturated carbocycles. The molecule has 1 aliphatic rings. The van der Waals surface area contributed by atoms with Crippen LogP contribution in [0.15, 0.2) is 18.2 Å². The fourth-order valence-corrected chi connectivity index (χ4v) is 2.69. The highest BCUT2D eigenvalue weighted by molar-refractivity contribution is 6.40. The number of carboxylic acid groups (broad SMARTS) is 1. The lowest BCUT2D eigenvalue weighted by molar-refractivity contribution is -0.131. The highest BCUT2D eigenvalue weighted by Gasteiger charge is 2.21. The summed E-state index contributed by atoms with van der Waals surface area (Å²) >= 11 is 0. The number of rotatable bonds is 3. The number of nitrogens with zero attached hydrogens (tertiary/aromatic N) is 1. The van der Waals surface area contributed by atoms with E-state index in [9.17, 15) is 9.59 Å². The Morgan fingerprint density at radius 3 is 2.68 bits per heavy atom. The predicted molar refractivity (Wildman–Crippen MR) is 69.3 cm³/mol. The number of hydrogen-bond acceptors (Lipinski definition) is 3. The molecule has 1 aromatic heterocycles. The van der Waals surface area contributed by atoms with Gasteiger partial charge >= 0.3 is 5.97 Å². The normalized spacial score (nSPS) is 16.0. The summed E-state index contributed by atoms with van der Waals surface area (Å²) in [5.41, 5.74) is 1.69. The zero-order chi connectivity index (χ0) is 13.4. The number of carbonyl (C=O) groups excluding carboxylic acids is 1. The van der Waals surface area contributed by atoms with Gasteiger partial charge in [-0.1, -0.05) is 12.8 Å². The van der Waals surface area contributed by atoms with Crippen molar-refractivity contribution in [2.24, 2.45) is 0 Å². The molecule has 0 radical (unpaired) electrons. The van der Waals surface area contributed by atoms with Crippen molar-refractivity contribution in [3.8, 4) is 0 Å². The average molecular weight is 258 g/mol. The monoisotopic (exact) mass is 258 g/mol. The van der Waals surface area contributed by atoms with Gasteiger partial charge in [-0.3, -0.25) is 4.79 Å². The minimum Gasteiger partial charge on any atom is -0.475 e.